The van der Waals surface area contributed by atoms with Crippen molar-refractivity contribution >= 4 is 11.5 Å². The van der Waals surface area contributed by atoms with E-state index in [1.165, 1.54) is 11.5 Å². The largest absolute Gasteiger partial charge is 0.496 e. The van der Waals surface area contributed by atoms with Gasteiger partial charge in [-0.2, -0.15) is 0 Å². The van der Waals surface area contributed by atoms with Gasteiger partial charge in [0, 0.05) is 29.4 Å². The molecule has 0 radical (unpaired) electrons. The van der Waals surface area contributed by atoms with Crippen LogP contribution in [0.3, 0.4) is 0 Å². The lowest BCUT2D eigenvalue weighted by Crippen LogP contribution is -2.08. The summed E-state index contributed by atoms with van der Waals surface area (Å²) in [6.45, 7) is 8.02. The standard InChI is InChI=1S/C15H21N3O2S/c1-8(2)13-15(21-18-17-13)12(19)6-11-10(4)14(20-5)9(3)7-16-11/h7-8,12,19H,6H2,1-5H3. The van der Waals surface area contributed by atoms with E-state index in [1.807, 2.05) is 27.7 Å². The maximum Gasteiger partial charge on any atom is 0.128 e. The number of aryl methyl sites for hydroxylation is 1. The van der Waals surface area contributed by atoms with Crippen LogP contribution in [0.1, 0.15) is 53.3 Å². The third-order valence-corrected chi connectivity index (χ3v) is 4.37. The Balaban J connectivity index is 2.28. The van der Waals surface area contributed by atoms with Crippen LogP contribution in [-0.2, 0) is 6.42 Å². The van der Waals surface area contributed by atoms with Gasteiger partial charge in [0.2, 0.25) is 0 Å². The zero-order valence-electron chi connectivity index (χ0n) is 13.0. The second-order valence-electron chi connectivity index (χ2n) is 5.44. The van der Waals surface area contributed by atoms with E-state index < -0.39 is 6.10 Å². The fraction of sp³-hybridized carbons (Fsp3) is 0.533. The van der Waals surface area contributed by atoms with E-state index in [2.05, 4.69) is 14.6 Å². The Bertz CT molecular complexity index is 625. The van der Waals surface area contributed by atoms with Gasteiger partial charge in [0.15, 0.2) is 0 Å². The summed E-state index contributed by atoms with van der Waals surface area (Å²) in [6.07, 6.45) is 1.58. The zero-order chi connectivity index (χ0) is 15.6. The van der Waals surface area contributed by atoms with Crippen molar-refractivity contribution in [3.05, 3.63) is 33.6 Å². The molecule has 0 saturated heterocycles. The maximum absolute atomic E-state index is 10.5. The molecule has 1 N–H and O–H groups in total. The fourth-order valence-electron chi connectivity index (χ4n) is 2.39. The molecule has 1 atom stereocenters. The lowest BCUT2D eigenvalue weighted by molar-refractivity contribution is 0.179. The van der Waals surface area contributed by atoms with E-state index in [0.717, 1.165) is 33.1 Å². The van der Waals surface area contributed by atoms with Crippen LogP contribution in [0.15, 0.2) is 6.20 Å². The predicted molar refractivity (Wildman–Crippen MR) is 82.9 cm³/mol. The second kappa shape index (κ2) is 6.49. The maximum atomic E-state index is 10.5. The number of ether oxygens (including phenoxy) is 1. The second-order valence-corrected chi connectivity index (χ2v) is 6.23. The van der Waals surface area contributed by atoms with Crippen molar-refractivity contribution in [3.63, 3.8) is 0 Å². The molecule has 0 aromatic carbocycles. The molecule has 0 aliphatic rings. The lowest BCUT2D eigenvalue weighted by atomic mass is 10.0. The molecule has 2 heterocycles. The molecule has 0 saturated carbocycles. The molecule has 6 heteroatoms. The van der Waals surface area contributed by atoms with Crippen LogP contribution in [0.4, 0.5) is 0 Å². The van der Waals surface area contributed by atoms with Gasteiger partial charge < -0.3 is 9.84 Å². The topological polar surface area (TPSA) is 68.1 Å². The predicted octanol–water partition coefficient (Wildman–Crippen LogP) is 2.96. The molecule has 0 amide bonds. The Kier molecular flexibility index (Phi) is 4.90. The highest BCUT2D eigenvalue weighted by atomic mass is 32.1. The summed E-state index contributed by atoms with van der Waals surface area (Å²) in [4.78, 5) is 5.26. The summed E-state index contributed by atoms with van der Waals surface area (Å²) in [6, 6.07) is 0. The van der Waals surface area contributed by atoms with E-state index in [1.54, 1.807) is 13.3 Å². The number of methoxy groups -OCH3 is 1. The van der Waals surface area contributed by atoms with Gasteiger partial charge in [-0.3, -0.25) is 4.98 Å². The number of nitrogens with zero attached hydrogens (tertiary/aromatic N) is 3. The zero-order valence-corrected chi connectivity index (χ0v) is 13.9. The van der Waals surface area contributed by atoms with Crippen LogP contribution in [-0.4, -0.2) is 26.8 Å². The lowest BCUT2D eigenvalue weighted by Gasteiger charge is -2.15. The Morgan fingerprint density at radius 2 is 2.05 bits per heavy atom. The molecular weight excluding hydrogens is 286 g/mol. The van der Waals surface area contributed by atoms with E-state index in [0.29, 0.717) is 6.42 Å². The highest BCUT2D eigenvalue weighted by Gasteiger charge is 2.21. The fourth-order valence-corrected chi connectivity index (χ4v) is 3.18. The number of pyridine rings is 1. The Hall–Kier alpha value is -1.53. The number of rotatable bonds is 5. The summed E-state index contributed by atoms with van der Waals surface area (Å²) in [5.41, 5.74) is 3.67. The molecule has 2 rings (SSSR count). The average Bonchev–Trinajstić information content (AvgIpc) is 2.92. The van der Waals surface area contributed by atoms with Gasteiger partial charge in [0.05, 0.1) is 23.8 Å². The molecule has 0 fully saturated rings. The van der Waals surface area contributed by atoms with Crippen molar-refractivity contribution < 1.29 is 9.84 Å². The summed E-state index contributed by atoms with van der Waals surface area (Å²) in [5, 5.41) is 14.6. The molecule has 114 valence electrons. The van der Waals surface area contributed by atoms with Gasteiger partial charge in [0.25, 0.3) is 0 Å². The third-order valence-electron chi connectivity index (χ3n) is 3.53. The number of hydrogen-bond acceptors (Lipinski definition) is 6. The van der Waals surface area contributed by atoms with Gasteiger partial charge in [-0.15, -0.1) is 5.10 Å². The van der Waals surface area contributed by atoms with Crippen LogP contribution in [0.2, 0.25) is 0 Å². The SMILES string of the molecule is COc1c(C)cnc(CC(O)c2snnc2C(C)C)c1C. The van der Waals surface area contributed by atoms with E-state index >= 15 is 0 Å². The first kappa shape index (κ1) is 15.9. The minimum absolute atomic E-state index is 0.245. The van der Waals surface area contributed by atoms with Crippen molar-refractivity contribution in [2.75, 3.05) is 7.11 Å². The Morgan fingerprint density at radius 1 is 1.33 bits per heavy atom. The van der Waals surface area contributed by atoms with Gasteiger partial charge in [-0.1, -0.05) is 18.3 Å². The molecule has 5 nitrogen and oxygen atoms in total. The molecule has 1 unspecified atom stereocenters. The highest BCUT2D eigenvalue weighted by Crippen LogP contribution is 2.31. The van der Waals surface area contributed by atoms with E-state index in [9.17, 15) is 5.11 Å². The normalized spacial score (nSPS) is 12.7. The molecule has 0 aliphatic heterocycles. The molecule has 2 aromatic heterocycles. The van der Waals surface area contributed by atoms with Gasteiger partial charge in [-0.25, -0.2) is 0 Å². The average molecular weight is 307 g/mol. The van der Waals surface area contributed by atoms with Crippen LogP contribution >= 0.6 is 11.5 Å². The van der Waals surface area contributed by atoms with Crippen molar-refractivity contribution in [2.24, 2.45) is 0 Å². The summed E-state index contributed by atoms with van der Waals surface area (Å²) < 4.78 is 9.37. The quantitative estimate of drug-likeness (QED) is 0.919. The van der Waals surface area contributed by atoms with Crippen molar-refractivity contribution in [2.45, 2.75) is 46.1 Å². The summed E-state index contributed by atoms with van der Waals surface area (Å²) >= 11 is 1.25. The van der Waals surface area contributed by atoms with Crippen molar-refractivity contribution in [3.8, 4) is 5.75 Å². The van der Waals surface area contributed by atoms with Crippen LogP contribution in [0.5, 0.6) is 5.75 Å². The monoisotopic (exact) mass is 307 g/mol. The number of aromatic nitrogens is 3. The van der Waals surface area contributed by atoms with E-state index in [4.69, 9.17) is 4.74 Å². The molecule has 21 heavy (non-hydrogen) atoms. The third kappa shape index (κ3) is 3.22. The molecule has 2 aromatic rings. The highest BCUT2D eigenvalue weighted by molar-refractivity contribution is 7.05. The van der Waals surface area contributed by atoms with Crippen LogP contribution < -0.4 is 4.74 Å². The first-order valence-electron chi connectivity index (χ1n) is 6.95. The van der Waals surface area contributed by atoms with Gasteiger partial charge in [-0.05, 0) is 31.3 Å². The number of aliphatic hydroxyl groups excluding tert-OH is 1. The number of aliphatic hydroxyl groups is 1. The minimum Gasteiger partial charge on any atom is -0.496 e. The first-order valence-corrected chi connectivity index (χ1v) is 7.72. The summed E-state index contributed by atoms with van der Waals surface area (Å²) in [5.74, 6) is 1.08. The van der Waals surface area contributed by atoms with Gasteiger partial charge in [0.1, 0.15) is 5.75 Å². The van der Waals surface area contributed by atoms with Crippen LogP contribution in [0, 0.1) is 13.8 Å². The Labute approximate surface area is 129 Å². The first-order chi connectivity index (χ1) is 9.95. The minimum atomic E-state index is -0.638. The van der Waals surface area contributed by atoms with Crippen LogP contribution in [0.25, 0.3) is 0 Å². The van der Waals surface area contributed by atoms with Gasteiger partial charge >= 0.3 is 0 Å². The van der Waals surface area contributed by atoms with Crippen molar-refractivity contribution in [1.82, 2.24) is 14.6 Å². The van der Waals surface area contributed by atoms with E-state index in [-0.39, 0.29) is 5.92 Å². The molecular formula is C15H21N3O2S. The molecule has 0 spiro atoms. The molecule has 0 bridgehead atoms. The smallest absolute Gasteiger partial charge is 0.128 e. The Morgan fingerprint density at radius 3 is 2.67 bits per heavy atom. The van der Waals surface area contributed by atoms with Crippen molar-refractivity contribution in [1.29, 1.82) is 0 Å². The molecule has 0 aliphatic carbocycles. The number of hydrogen-bond donors (Lipinski definition) is 1. The summed E-state index contributed by atoms with van der Waals surface area (Å²) in [7, 11) is 1.65.